The van der Waals surface area contributed by atoms with Crippen LogP contribution in [-0.2, 0) is 4.57 Å². The summed E-state index contributed by atoms with van der Waals surface area (Å²) in [4.78, 5) is 22.9. The molecule has 2 saturated carbocycles. The average Bonchev–Trinajstić information content (AvgIpc) is 3.63. The molecule has 1 amide bonds. The summed E-state index contributed by atoms with van der Waals surface area (Å²) in [5, 5.41) is 3.14. The van der Waals surface area contributed by atoms with Crippen molar-refractivity contribution in [2.45, 2.75) is 56.4 Å². The third kappa shape index (κ3) is 6.24. The predicted molar refractivity (Wildman–Crippen MR) is 128 cm³/mol. The molecule has 2 atom stereocenters. The van der Waals surface area contributed by atoms with Crippen molar-refractivity contribution < 1.29 is 23.4 Å². The van der Waals surface area contributed by atoms with Crippen LogP contribution in [0, 0.1) is 11.7 Å². The number of amides is 1. The first-order chi connectivity index (χ1) is 15.7. The molecule has 7 heteroatoms. The minimum absolute atomic E-state index is 0.0202. The van der Waals surface area contributed by atoms with Crippen LogP contribution in [0.2, 0.25) is 0 Å². The maximum atomic E-state index is 14.3. The van der Waals surface area contributed by atoms with Crippen molar-refractivity contribution in [3.05, 3.63) is 65.0 Å². The summed E-state index contributed by atoms with van der Waals surface area (Å²) in [6.07, 6.45) is 5.59. The summed E-state index contributed by atoms with van der Waals surface area (Å²) in [6.45, 7) is 1.41. The van der Waals surface area contributed by atoms with Crippen LogP contribution >= 0.6 is 7.37 Å². The molecule has 1 unspecified atom stereocenters. The van der Waals surface area contributed by atoms with Gasteiger partial charge in [-0.05, 0) is 97.7 Å². The van der Waals surface area contributed by atoms with Gasteiger partial charge in [-0.25, -0.2) is 4.39 Å². The lowest BCUT2D eigenvalue weighted by molar-refractivity contribution is 0.0925. The summed E-state index contributed by atoms with van der Waals surface area (Å²) in [5.74, 6) is 0.907. The van der Waals surface area contributed by atoms with Gasteiger partial charge in [0.2, 0.25) is 0 Å². The monoisotopic (exact) mass is 473 g/mol. The van der Waals surface area contributed by atoms with Crippen LogP contribution in [0.15, 0.2) is 42.5 Å². The van der Waals surface area contributed by atoms with Crippen LogP contribution in [-0.4, -0.2) is 36.8 Å². The van der Waals surface area contributed by atoms with Crippen molar-refractivity contribution in [2.75, 3.05) is 19.9 Å². The molecule has 2 aromatic rings. The van der Waals surface area contributed by atoms with Crippen molar-refractivity contribution >= 4 is 13.3 Å². The second-order valence-electron chi connectivity index (χ2n) is 9.71. The normalized spacial score (nSPS) is 23.4. The van der Waals surface area contributed by atoms with E-state index in [9.17, 15) is 18.6 Å². The Hall–Kier alpha value is -2.17. The number of carbonyl (C=O) groups is 1. The van der Waals surface area contributed by atoms with E-state index in [0.717, 1.165) is 44.1 Å². The summed E-state index contributed by atoms with van der Waals surface area (Å²) < 4.78 is 31.6. The van der Waals surface area contributed by atoms with Gasteiger partial charge in [0.15, 0.2) is 7.37 Å². The molecule has 2 aliphatic rings. The molecular weight excluding hydrogens is 440 g/mol. The van der Waals surface area contributed by atoms with Gasteiger partial charge in [0, 0.05) is 24.4 Å². The zero-order valence-electron chi connectivity index (χ0n) is 19.3. The highest BCUT2D eigenvalue weighted by atomic mass is 31.2. The zero-order valence-corrected chi connectivity index (χ0v) is 20.2. The number of halogens is 1. The van der Waals surface area contributed by atoms with Gasteiger partial charge in [0.25, 0.3) is 5.91 Å². The van der Waals surface area contributed by atoms with Crippen LogP contribution in [0.1, 0.15) is 71.8 Å². The highest BCUT2D eigenvalue weighted by molar-refractivity contribution is 7.57. The Bertz CT molecular complexity index is 1040. The third-order valence-corrected chi connectivity index (χ3v) is 8.08. The average molecular weight is 474 g/mol. The van der Waals surface area contributed by atoms with Crippen LogP contribution in [0.4, 0.5) is 4.39 Å². The molecule has 0 bridgehead atoms. The fourth-order valence-electron chi connectivity index (χ4n) is 5.08. The Kier molecular flexibility index (Phi) is 7.25. The van der Waals surface area contributed by atoms with Crippen LogP contribution in [0.3, 0.4) is 0 Å². The molecule has 0 heterocycles. The third-order valence-electron chi connectivity index (χ3n) is 7.01. The summed E-state index contributed by atoms with van der Waals surface area (Å²) in [6, 6.07) is 12.4. The van der Waals surface area contributed by atoms with E-state index in [1.54, 1.807) is 25.3 Å². The van der Waals surface area contributed by atoms with Crippen molar-refractivity contribution in [3.8, 4) is 5.75 Å². The second kappa shape index (κ2) is 9.99. The van der Waals surface area contributed by atoms with Gasteiger partial charge in [-0.3, -0.25) is 9.36 Å². The fraction of sp³-hybridized carbons (Fsp3) is 0.500. The Morgan fingerprint density at radius 3 is 2.52 bits per heavy atom. The summed E-state index contributed by atoms with van der Waals surface area (Å²) in [5.41, 5.74) is 2.25. The van der Waals surface area contributed by atoms with Crippen molar-refractivity contribution in [1.29, 1.82) is 0 Å². The van der Waals surface area contributed by atoms with Crippen molar-refractivity contribution in [3.63, 3.8) is 0 Å². The van der Waals surface area contributed by atoms with Gasteiger partial charge >= 0.3 is 0 Å². The van der Waals surface area contributed by atoms with Crippen LogP contribution in [0.5, 0.6) is 5.75 Å². The Labute approximate surface area is 195 Å². The molecule has 2 aromatic carbocycles. The number of nitrogens with one attached hydrogen (secondary N) is 1. The fourth-order valence-corrected chi connectivity index (χ4v) is 6.32. The van der Waals surface area contributed by atoms with Gasteiger partial charge in [-0.1, -0.05) is 12.1 Å². The highest BCUT2D eigenvalue weighted by Crippen LogP contribution is 2.50. The van der Waals surface area contributed by atoms with E-state index in [1.165, 1.54) is 12.7 Å². The first-order valence-electron chi connectivity index (χ1n) is 11.8. The lowest BCUT2D eigenvalue weighted by Gasteiger charge is -2.30. The largest absolute Gasteiger partial charge is 0.497 e. The quantitative estimate of drug-likeness (QED) is 0.484. The number of carbonyl (C=O) groups excluding carboxylic acids is 1. The molecular formula is C26H33FNO4P. The molecule has 2 N–H and O–H groups in total. The molecule has 178 valence electrons. The molecule has 5 nitrogen and oxygen atoms in total. The highest BCUT2D eigenvalue weighted by Gasteiger charge is 2.35. The molecule has 2 fully saturated rings. The minimum Gasteiger partial charge on any atom is -0.497 e. The number of methoxy groups -OCH3 is 1. The molecule has 33 heavy (non-hydrogen) atoms. The first kappa shape index (κ1) is 24.0. The van der Waals surface area contributed by atoms with E-state index in [4.69, 9.17) is 4.74 Å². The van der Waals surface area contributed by atoms with E-state index in [0.29, 0.717) is 22.8 Å². The summed E-state index contributed by atoms with van der Waals surface area (Å²) >= 11 is 0. The van der Waals surface area contributed by atoms with Gasteiger partial charge in [-0.2, -0.15) is 0 Å². The lowest BCUT2D eigenvalue weighted by Crippen LogP contribution is -2.37. The van der Waals surface area contributed by atoms with Crippen molar-refractivity contribution in [2.24, 2.45) is 5.92 Å². The maximum absolute atomic E-state index is 14.3. The van der Waals surface area contributed by atoms with Crippen LogP contribution in [0.25, 0.3) is 0 Å². The topological polar surface area (TPSA) is 75.6 Å². The molecule has 2 aliphatic carbocycles. The Morgan fingerprint density at radius 2 is 1.88 bits per heavy atom. The standard InChI is InChI=1S/C26H33FNO4P/c1-32-22-12-13-25(27)23(15-22)17-8-10-21(11-9-17)28-26(29)20-5-3-4-19(14-20)24(18-6-7-18)16-33(2,30)31/h3-5,12-15,17-18,21,24H,6-11,16H2,1-2H3,(H,28,29)(H,30,31)/t17-,21-,24-/m0/s1. The number of hydrogen-bond acceptors (Lipinski definition) is 3. The van der Waals surface area contributed by atoms with Gasteiger partial charge in [-0.15, -0.1) is 0 Å². The molecule has 0 saturated heterocycles. The van der Waals surface area contributed by atoms with Gasteiger partial charge < -0.3 is 14.9 Å². The SMILES string of the molecule is COc1ccc(F)c([C@H]2CC[C@H](NC(=O)c3cccc([C@@H](CP(C)(=O)O)C4CC4)c3)CC2)c1. The van der Waals surface area contributed by atoms with E-state index < -0.39 is 7.37 Å². The molecule has 4 rings (SSSR count). The van der Waals surface area contributed by atoms with Crippen LogP contribution < -0.4 is 10.1 Å². The zero-order chi connectivity index (χ0) is 23.6. The molecule has 0 aliphatic heterocycles. The maximum Gasteiger partial charge on any atom is 0.251 e. The number of hydrogen-bond donors (Lipinski definition) is 2. The smallest absolute Gasteiger partial charge is 0.251 e. The lowest BCUT2D eigenvalue weighted by atomic mass is 9.81. The predicted octanol–water partition coefficient (Wildman–Crippen LogP) is 5.68. The Morgan fingerprint density at radius 1 is 1.15 bits per heavy atom. The Balaban J connectivity index is 1.38. The van der Waals surface area contributed by atoms with Crippen molar-refractivity contribution in [1.82, 2.24) is 5.32 Å². The summed E-state index contributed by atoms with van der Waals surface area (Å²) in [7, 11) is -1.56. The van der Waals surface area contributed by atoms with Gasteiger partial charge in [0.05, 0.1) is 7.11 Å². The number of benzene rings is 2. The minimum atomic E-state index is -3.14. The number of rotatable bonds is 8. The molecule has 0 spiro atoms. The first-order valence-corrected chi connectivity index (χ1v) is 14.1. The second-order valence-corrected chi connectivity index (χ2v) is 12.2. The van der Waals surface area contributed by atoms with E-state index >= 15 is 0 Å². The molecule has 0 radical (unpaired) electrons. The van der Waals surface area contributed by atoms with E-state index in [-0.39, 0.29) is 35.8 Å². The van der Waals surface area contributed by atoms with E-state index in [2.05, 4.69) is 5.32 Å². The molecule has 0 aromatic heterocycles. The van der Waals surface area contributed by atoms with Gasteiger partial charge in [0.1, 0.15) is 11.6 Å². The van der Waals surface area contributed by atoms with E-state index in [1.807, 2.05) is 18.2 Å². The number of ether oxygens (including phenoxy) is 1.